The molecule has 4 heteroatoms. The van der Waals surface area contributed by atoms with Crippen LogP contribution in [0.5, 0.6) is 0 Å². The van der Waals surface area contributed by atoms with Crippen molar-refractivity contribution in [2.75, 3.05) is 11.2 Å². The Morgan fingerprint density at radius 3 is 1.96 bits per heavy atom. The van der Waals surface area contributed by atoms with Gasteiger partial charge in [0.25, 0.3) is 5.91 Å². The number of carbonyl (C=O) groups is 1. The number of carbonyl (C=O) groups excluding carboxylic acids is 1. The third-order valence-electron chi connectivity index (χ3n) is 4.44. The van der Waals surface area contributed by atoms with Crippen LogP contribution in [0, 0.1) is 6.92 Å². The molecule has 0 radical (unpaired) electrons. The molecule has 136 valence electrons. The molecule has 0 spiro atoms. The number of anilines is 1. The molecule has 0 bridgehead atoms. The van der Waals surface area contributed by atoms with Gasteiger partial charge >= 0.3 is 0 Å². The summed E-state index contributed by atoms with van der Waals surface area (Å²) >= 11 is 0. The summed E-state index contributed by atoms with van der Waals surface area (Å²) < 4.78 is 14.3. The third-order valence-corrected chi connectivity index (χ3v) is 7.39. The first-order valence-corrected chi connectivity index (χ1v) is 10.6. The molecule has 0 N–H and O–H groups in total. The summed E-state index contributed by atoms with van der Waals surface area (Å²) in [6.45, 7) is 5.59. The molecule has 3 aromatic carbocycles. The minimum absolute atomic E-state index is 0.0787. The van der Waals surface area contributed by atoms with Crippen molar-refractivity contribution in [2.24, 2.45) is 0 Å². The van der Waals surface area contributed by atoms with E-state index in [1.165, 1.54) is 6.08 Å². The molecule has 0 fully saturated rings. The fourth-order valence-electron chi connectivity index (χ4n) is 3.03. The molecular weight excluding hydrogens is 353 g/mol. The number of rotatable bonds is 6. The smallest absolute Gasteiger partial charge is 0.250 e. The first kappa shape index (κ1) is 18.9. The summed E-state index contributed by atoms with van der Waals surface area (Å²) in [7, 11) is -3.07. The van der Waals surface area contributed by atoms with Crippen LogP contribution in [-0.4, -0.2) is 12.2 Å². The topological polar surface area (TPSA) is 37.4 Å². The minimum atomic E-state index is -3.07. The average Bonchev–Trinajstić information content (AvgIpc) is 2.72. The second kappa shape index (κ2) is 8.20. The lowest BCUT2D eigenvalue weighted by molar-refractivity contribution is -0.114. The van der Waals surface area contributed by atoms with E-state index in [9.17, 15) is 9.36 Å². The van der Waals surface area contributed by atoms with Crippen molar-refractivity contribution >= 4 is 29.3 Å². The van der Waals surface area contributed by atoms with Gasteiger partial charge in [-0.15, -0.1) is 0 Å². The van der Waals surface area contributed by atoms with Crippen LogP contribution in [0.3, 0.4) is 0 Å². The molecule has 3 aromatic rings. The third kappa shape index (κ3) is 4.10. The Labute approximate surface area is 160 Å². The maximum Gasteiger partial charge on any atom is 0.250 e. The van der Waals surface area contributed by atoms with E-state index in [0.29, 0.717) is 5.69 Å². The van der Waals surface area contributed by atoms with Crippen molar-refractivity contribution in [1.82, 2.24) is 0 Å². The maximum absolute atomic E-state index is 14.3. The van der Waals surface area contributed by atoms with Crippen molar-refractivity contribution in [1.29, 1.82) is 0 Å². The second-order valence-corrected chi connectivity index (χ2v) is 9.16. The van der Waals surface area contributed by atoms with Gasteiger partial charge in [-0.05, 0) is 30.7 Å². The fourth-order valence-corrected chi connectivity index (χ4v) is 5.67. The molecule has 0 heterocycles. The Kier molecular flexibility index (Phi) is 5.73. The predicted octanol–water partition coefficient (Wildman–Crippen LogP) is 4.49. The van der Waals surface area contributed by atoms with Crippen LogP contribution in [0.1, 0.15) is 5.56 Å². The lowest BCUT2D eigenvalue weighted by atomic mass is 10.2. The van der Waals surface area contributed by atoms with Crippen molar-refractivity contribution in [3.8, 4) is 0 Å². The largest absolute Gasteiger partial charge is 0.312 e. The standard InChI is InChI=1S/C23H22NO2P/c1-3-23(25)24(20-12-10-11-19(2)17-20)18-27(26,21-13-6-4-7-14-21)22-15-8-5-9-16-22/h3-17H,1,18H2,2H3. The van der Waals surface area contributed by atoms with Gasteiger partial charge < -0.3 is 9.46 Å². The van der Waals surface area contributed by atoms with Crippen molar-refractivity contribution in [3.05, 3.63) is 103 Å². The quantitative estimate of drug-likeness (QED) is 0.470. The molecule has 0 unspecified atom stereocenters. The second-order valence-electron chi connectivity index (χ2n) is 6.36. The molecule has 0 aliphatic carbocycles. The molecule has 0 aliphatic rings. The van der Waals surface area contributed by atoms with Crippen molar-refractivity contribution < 1.29 is 9.36 Å². The summed E-state index contributed by atoms with van der Waals surface area (Å²) in [6.07, 6.45) is 1.35. The SMILES string of the molecule is C=CC(=O)N(CP(=O)(c1ccccc1)c1ccccc1)c1cccc(C)c1. The molecule has 0 aliphatic heterocycles. The minimum Gasteiger partial charge on any atom is -0.312 e. The molecule has 3 nitrogen and oxygen atoms in total. The van der Waals surface area contributed by atoms with Gasteiger partial charge in [-0.3, -0.25) is 4.79 Å². The number of hydrogen-bond acceptors (Lipinski definition) is 2. The van der Waals surface area contributed by atoms with Crippen LogP contribution in [0.15, 0.2) is 97.6 Å². The van der Waals surface area contributed by atoms with E-state index in [1.807, 2.05) is 91.9 Å². The van der Waals surface area contributed by atoms with Crippen LogP contribution in [-0.2, 0) is 9.36 Å². The monoisotopic (exact) mass is 375 g/mol. The van der Waals surface area contributed by atoms with E-state index in [4.69, 9.17) is 0 Å². The maximum atomic E-state index is 14.3. The molecule has 27 heavy (non-hydrogen) atoms. The zero-order chi connectivity index (χ0) is 19.3. The number of benzene rings is 3. The van der Waals surface area contributed by atoms with Crippen LogP contribution >= 0.6 is 7.14 Å². The first-order chi connectivity index (χ1) is 13.0. The highest BCUT2D eigenvalue weighted by atomic mass is 31.2. The Balaban J connectivity index is 2.13. The zero-order valence-electron chi connectivity index (χ0n) is 15.3. The van der Waals surface area contributed by atoms with Gasteiger partial charge in [0.2, 0.25) is 0 Å². The van der Waals surface area contributed by atoms with Gasteiger partial charge in [0.1, 0.15) is 0 Å². The lowest BCUT2D eigenvalue weighted by Gasteiger charge is -2.28. The van der Waals surface area contributed by atoms with Crippen molar-refractivity contribution in [2.45, 2.75) is 6.92 Å². The van der Waals surface area contributed by atoms with Gasteiger partial charge in [0, 0.05) is 16.3 Å². The van der Waals surface area contributed by atoms with Crippen LogP contribution in [0.25, 0.3) is 0 Å². The predicted molar refractivity (Wildman–Crippen MR) is 113 cm³/mol. The number of nitrogens with zero attached hydrogens (tertiary/aromatic N) is 1. The molecule has 0 atom stereocenters. The molecule has 0 aromatic heterocycles. The normalized spacial score (nSPS) is 11.0. The lowest BCUT2D eigenvalue weighted by Crippen LogP contribution is -2.34. The zero-order valence-corrected chi connectivity index (χ0v) is 16.2. The highest BCUT2D eigenvalue weighted by Gasteiger charge is 2.31. The summed E-state index contributed by atoms with van der Waals surface area (Å²) in [6, 6.07) is 26.4. The van der Waals surface area contributed by atoms with Gasteiger partial charge in [-0.25, -0.2) is 0 Å². The van der Waals surface area contributed by atoms with Gasteiger partial charge in [-0.2, -0.15) is 0 Å². The van der Waals surface area contributed by atoms with Gasteiger partial charge in [-0.1, -0.05) is 79.4 Å². The average molecular weight is 375 g/mol. The highest BCUT2D eigenvalue weighted by molar-refractivity contribution is 7.78. The van der Waals surface area contributed by atoms with Gasteiger partial charge in [0.15, 0.2) is 7.14 Å². The molecule has 1 amide bonds. The van der Waals surface area contributed by atoms with Crippen LogP contribution in [0.2, 0.25) is 0 Å². The Hall–Kier alpha value is -2.90. The van der Waals surface area contributed by atoms with Crippen LogP contribution in [0.4, 0.5) is 5.69 Å². The molecule has 0 saturated carbocycles. The van der Waals surface area contributed by atoms with E-state index < -0.39 is 7.14 Å². The van der Waals surface area contributed by atoms with E-state index >= 15 is 0 Å². The van der Waals surface area contributed by atoms with E-state index in [-0.39, 0.29) is 12.2 Å². The fraction of sp³-hybridized carbons (Fsp3) is 0.0870. The Bertz CT molecular complexity index is 940. The van der Waals surface area contributed by atoms with Crippen LogP contribution < -0.4 is 15.5 Å². The summed E-state index contributed by atoms with van der Waals surface area (Å²) in [5.74, 6) is -0.271. The van der Waals surface area contributed by atoms with Crippen molar-refractivity contribution in [3.63, 3.8) is 0 Å². The van der Waals surface area contributed by atoms with E-state index in [1.54, 1.807) is 4.90 Å². The van der Waals surface area contributed by atoms with E-state index in [0.717, 1.165) is 16.2 Å². The van der Waals surface area contributed by atoms with Gasteiger partial charge in [0.05, 0.1) is 6.29 Å². The highest BCUT2D eigenvalue weighted by Crippen LogP contribution is 2.45. The summed E-state index contributed by atoms with van der Waals surface area (Å²) in [5.41, 5.74) is 1.75. The number of aryl methyl sites for hydroxylation is 1. The number of hydrogen-bond donors (Lipinski definition) is 0. The number of amides is 1. The van der Waals surface area contributed by atoms with E-state index in [2.05, 4.69) is 6.58 Å². The molecule has 0 saturated heterocycles. The Morgan fingerprint density at radius 2 is 1.48 bits per heavy atom. The Morgan fingerprint density at radius 1 is 0.926 bits per heavy atom. The first-order valence-electron chi connectivity index (χ1n) is 8.75. The molecule has 3 rings (SSSR count). The summed E-state index contributed by atoms with van der Waals surface area (Å²) in [5, 5.41) is 1.46. The summed E-state index contributed by atoms with van der Waals surface area (Å²) in [4.78, 5) is 14.2. The molecular formula is C23H22NO2P.